The molecule has 0 amide bonds. The minimum Gasteiger partial charge on any atom is -0.370 e. The summed E-state index contributed by atoms with van der Waals surface area (Å²) in [6.07, 6.45) is 10.9. The van der Waals surface area contributed by atoms with Gasteiger partial charge in [-0.3, -0.25) is 4.72 Å². The van der Waals surface area contributed by atoms with Crippen LogP contribution in [-0.2, 0) is 4.79 Å². The van der Waals surface area contributed by atoms with Crippen molar-refractivity contribution < 1.29 is 4.79 Å². The van der Waals surface area contributed by atoms with Gasteiger partial charge in [-0.1, -0.05) is 51.5 Å². The van der Waals surface area contributed by atoms with Crippen molar-refractivity contribution in [3.63, 3.8) is 0 Å². The van der Waals surface area contributed by atoms with Gasteiger partial charge in [0, 0.05) is 20.1 Å². The number of carbonyl (C=O) groups excluding carboxylic acids is 1. The first kappa shape index (κ1) is 22.2. The second-order valence-electron chi connectivity index (χ2n) is 6.13. The molecule has 0 aromatic rings. The number of hydrogen-bond acceptors (Lipinski definition) is 4. The number of aldehydes is 1. The van der Waals surface area contributed by atoms with Crippen LogP contribution in [0.1, 0.15) is 65.2 Å². The van der Waals surface area contributed by atoms with Crippen LogP contribution < -0.4 is 10.5 Å². The Hall–Kier alpha value is -0.750. The number of carbonyl (C=O) groups is 1. The largest absolute Gasteiger partial charge is 0.370 e. The highest BCUT2D eigenvalue weighted by atomic mass is 32.2. The standard InChI is InChI=1S/C17H36N4OS/c1-5-7-11-17(15-22,12-8-6-2)20-16(18)21(3)14-10-9-13-19-23-4/h15,19H,5-14H2,1-4H3,(H2,18,20). The Labute approximate surface area is 147 Å². The van der Waals surface area contributed by atoms with E-state index in [0.29, 0.717) is 5.96 Å². The van der Waals surface area contributed by atoms with E-state index >= 15 is 0 Å². The van der Waals surface area contributed by atoms with Gasteiger partial charge in [0.15, 0.2) is 5.96 Å². The maximum Gasteiger partial charge on any atom is 0.191 e. The van der Waals surface area contributed by atoms with Gasteiger partial charge in [-0.15, -0.1) is 0 Å². The molecular formula is C17H36N4OS. The van der Waals surface area contributed by atoms with Gasteiger partial charge < -0.3 is 15.4 Å². The van der Waals surface area contributed by atoms with Crippen molar-refractivity contribution in [1.82, 2.24) is 9.62 Å². The molecular weight excluding hydrogens is 308 g/mol. The van der Waals surface area contributed by atoms with Crippen LogP contribution in [0.4, 0.5) is 0 Å². The average Bonchev–Trinajstić information content (AvgIpc) is 2.56. The SMILES string of the molecule is CCCCC(C=O)(CCCC)N=C(N)N(C)CCCCNSC. The number of hydrogen-bond donors (Lipinski definition) is 2. The third-order valence-electron chi connectivity index (χ3n) is 4.04. The molecule has 0 radical (unpaired) electrons. The van der Waals surface area contributed by atoms with Crippen LogP contribution in [-0.4, -0.2) is 49.1 Å². The van der Waals surface area contributed by atoms with Crippen LogP contribution in [0.15, 0.2) is 4.99 Å². The van der Waals surface area contributed by atoms with E-state index in [1.165, 1.54) is 0 Å². The molecule has 0 fully saturated rings. The molecule has 5 nitrogen and oxygen atoms in total. The van der Waals surface area contributed by atoms with E-state index in [4.69, 9.17) is 5.73 Å². The number of guanidine groups is 1. The molecule has 0 saturated heterocycles. The van der Waals surface area contributed by atoms with E-state index < -0.39 is 5.54 Å². The van der Waals surface area contributed by atoms with Gasteiger partial charge in [0.05, 0.1) is 0 Å². The van der Waals surface area contributed by atoms with Crippen molar-refractivity contribution in [2.75, 3.05) is 26.4 Å². The van der Waals surface area contributed by atoms with Crippen LogP contribution >= 0.6 is 11.9 Å². The maximum atomic E-state index is 11.7. The highest BCUT2D eigenvalue weighted by molar-refractivity contribution is 7.96. The molecule has 23 heavy (non-hydrogen) atoms. The van der Waals surface area contributed by atoms with Crippen molar-refractivity contribution in [3.05, 3.63) is 0 Å². The number of nitrogens with one attached hydrogen (secondary N) is 1. The predicted octanol–water partition coefficient (Wildman–Crippen LogP) is 3.20. The second-order valence-corrected chi connectivity index (χ2v) is 6.82. The molecule has 0 aliphatic heterocycles. The van der Waals surface area contributed by atoms with Gasteiger partial charge in [0.2, 0.25) is 0 Å². The minimum atomic E-state index is -0.634. The summed E-state index contributed by atoms with van der Waals surface area (Å²) in [7, 11) is 1.95. The van der Waals surface area contributed by atoms with E-state index in [-0.39, 0.29) is 0 Å². The predicted molar refractivity (Wildman–Crippen MR) is 103 cm³/mol. The fourth-order valence-corrected chi connectivity index (χ4v) is 2.77. The van der Waals surface area contributed by atoms with Crippen molar-refractivity contribution in [2.45, 2.75) is 70.8 Å². The molecule has 0 rings (SSSR count). The molecule has 0 bridgehead atoms. The number of rotatable bonds is 14. The summed E-state index contributed by atoms with van der Waals surface area (Å²) >= 11 is 1.64. The first-order valence-corrected chi connectivity index (χ1v) is 10.1. The monoisotopic (exact) mass is 344 g/mol. The van der Waals surface area contributed by atoms with Gasteiger partial charge in [0.25, 0.3) is 0 Å². The van der Waals surface area contributed by atoms with Gasteiger partial charge in [-0.25, -0.2) is 4.99 Å². The molecule has 6 heteroatoms. The van der Waals surface area contributed by atoms with E-state index in [1.54, 1.807) is 11.9 Å². The number of unbranched alkanes of at least 4 members (excludes halogenated alkanes) is 3. The normalized spacial score (nSPS) is 12.4. The Morgan fingerprint density at radius 1 is 1.22 bits per heavy atom. The first-order valence-electron chi connectivity index (χ1n) is 8.83. The quantitative estimate of drug-likeness (QED) is 0.166. The zero-order valence-electron chi connectivity index (χ0n) is 15.4. The molecule has 0 aliphatic carbocycles. The third kappa shape index (κ3) is 9.87. The maximum absolute atomic E-state index is 11.7. The topological polar surface area (TPSA) is 70.7 Å². The number of aliphatic imine (C=N–C) groups is 1. The summed E-state index contributed by atoms with van der Waals surface area (Å²) in [6, 6.07) is 0. The Balaban J connectivity index is 4.68. The number of nitrogens with zero attached hydrogens (tertiary/aromatic N) is 2. The summed E-state index contributed by atoms with van der Waals surface area (Å²) in [5.74, 6) is 0.488. The molecule has 0 aromatic heterocycles. The summed E-state index contributed by atoms with van der Waals surface area (Å²) in [4.78, 5) is 18.4. The minimum absolute atomic E-state index is 0.488. The summed E-state index contributed by atoms with van der Waals surface area (Å²) in [6.45, 7) is 6.13. The number of nitrogens with two attached hydrogens (primary N) is 1. The summed E-state index contributed by atoms with van der Waals surface area (Å²) < 4.78 is 3.24. The lowest BCUT2D eigenvalue weighted by molar-refractivity contribution is -0.112. The van der Waals surface area contributed by atoms with Gasteiger partial charge in [-0.05, 0) is 31.9 Å². The van der Waals surface area contributed by atoms with Gasteiger partial charge in [-0.2, -0.15) is 0 Å². The van der Waals surface area contributed by atoms with Crippen LogP contribution in [0.3, 0.4) is 0 Å². The van der Waals surface area contributed by atoms with E-state index in [2.05, 4.69) is 23.6 Å². The van der Waals surface area contributed by atoms with E-state index in [9.17, 15) is 4.79 Å². The molecule has 3 N–H and O–H groups in total. The average molecular weight is 345 g/mol. The van der Waals surface area contributed by atoms with E-state index in [1.807, 2.05) is 18.2 Å². The van der Waals surface area contributed by atoms with Crippen molar-refractivity contribution >= 4 is 24.2 Å². The first-order chi connectivity index (χ1) is 11.0. The fraction of sp³-hybridized carbons (Fsp3) is 0.882. The Kier molecular flexibility index (Phi) is 13.2. The summed E-state index contributed by atoms with van der Waals surface area (Å²) in [5.41, 5.74) is 5.53. The lowest BCUT2D eigenvalue weighted by Crippen LogP contribution is -2.40. The Bertz CT molecular complexity index is 329. The smallest absolute Gasteiger partial charge is 0.191 e. The molecule has 0 unspecified atom stereocenters. The summed E-state index contributed by atoms with van der Waals surface area (Å²) in [5, 5.41) is 0. The molecule has 136 valence electrons. The molecule has 0 aromatic carbocycles. The van der Waals surface area contributed by atoms with Crippen LogP contribution in [0.5, 0.6) is 0 Å². The zero-order chi connectivity index (χ0) is 17.6. The molecule has 0 saturated carbocycles. The fourth-order valence-electron chi connectivity index (χ4n) is 2.42. The molecule has 0 aliphatic rings. The molecule has 0 heterocycles. The van der Waals surface area contributed by atoms with Gasteiger partial charge >= 0.3 is 0 Å². The molecule has 0 atom stereocenters. The highest BCUT2D eigenvalue weighted by Gasteiger charge is 2.28. The van der Waals surface area contributed by atoms with Gasteiger partial charge in [0.1, 0.15) is 11.8 Å². The second kappa shape index (κ2) is 13.7. The van der Waals surface area contributed by atoms with Crippen LogP contribution in [0.25, 0.3) is 0 Å². The van der Waals surface area contributed by atoms with Crippen molar-refractivity contribution in [3.8, 4) is 0 Å². The van der Waals surface area contributed by atoms with Crippen molar-refractivity contribution in [2.24, 2.45) is 10.7 Å². The lowest BCUT2D eigenvalue weighted by atomic mass is 9.89. The van der Waals surface area contributed by atoms with Crippen LogP contribution in [0, 0.1) is 0 Å². The Morgan fingerprint density at radius 2 is 1.83 bits per heavy atom. The van der Waals surface area contributed by atoms with E-state index in [0.717, 1.165) is 70.7 Å². The van der Waals surface area contributed by atoms with Crippen molar-refractivity contribution in [1.29, 1.82) is 0 Å². The lowest BCUT2D eigenvalue weighted by Gasteiger charge is -2.27. The zero-order valence-corrected chi connectivity index (χ0v) is 16.3. The Morgan fingerprint density at radius 3 is 2.30 bits per heavy atom. The highest BCUT2D eigenvalue weighted by Crippen LogP contribution is 2.24. The van der Waals surface area contributed by atoms with Crippen LogP contribution in [0.2, 0.25) is 0 Å². The third-order valence-corrected chi connectivity index (χ3v) is 4.53. The molecule has 0 spiro atoms.